The highest BCUT2D eigenvalue weighted by Gasteiger charge is 2.33. The molecule has 0 fully saturated rings. The number of carbonyl (C=O) groups is 4. The van der Waals surface area contributed by atoms with Crippen LogP contribution in [0.3, 0.4) is 0 Å². The van der Waals surface area contributed by atoms with Gasteiger partial charge in [-0.2, -0.15) is 0 Å². The minimum atomic E-state index is -1.58. The van der Waals surface area contributed by atoms with Crippen molar-refractivity contribution in [3.63, 3.8) is 0 Å². The van der Waals surface area contributed by atoms with Crippen molar-refractivity contribution >= 4 is 35.1 Å². The molecule has 0 heterocycles. The normalized spacial score (nSPS) is 12.5. The highest BCUT2D eigenvalue weighted by atomic mass is 16.6. The third-order valence-corrected chi connectivity index (χ3v) is 6.87. The Kier molecular flexibility index (Phi) is 15.4. The Morgan fingerprint density at radius 3 is 1.60 bits per heavy atom. The predicted molar refractivity (Wildman–Crippen MR) is 179 cm³/mol. The van der Waals surface area contributed by atoms with Crippen LogP contribution in [0.5, 0.6) is 0 Å². The largest absolute Gasteiger partial charge is 0.444 e. The van der Waals surface area contributed by atoms with E-state index in [1.54, 1.807) is 0 Å². The van der Waals surface area contributed by atoms with Gasteiger partial charge >= 0.3 is 11.9 Å². The molecule has 50 heavy (non-hydrogen) atoms. The molecule has 2 aromatic rings. The molecule has 0 saturated carbocycles. The molecule has 2 N–H and O–H groups in total. The van der Waals surface area contributed by atoms with Crippen LogP contribution in [-0.2, 0) is 38.1 Å². The van der Waals surface area contributed by atoms with Crippen LogP contribution in [0.25, 0.3) is 0 Å². The topological polar surface area (TPSA) is 216 Å². The molecule has 2 rings (SSSR count). The zero-order valence-electron chi connectivity index (χ0n) is 28.4. The van der Waals surface area contributed by atoms with Gasteiger partial charge in [-0.15, -0.1) is 0 Å². The number of rotatable bonds is 21. The number of hydrogen-bond donors (Lipinski definition) is 2. The Balaban J connectivity index is 1.87. The average molecular weight is 699 g/mol. The van der Waals surface area contributed by atoms with Gasteiger partial charge in [0, 0.05) is 48.2 Å². The lowest BCUT2D eigenvalue weighted by Crippen LogP contribution is -2.40. The summed E-state index contributed by atoms with van der Waals surface area (Å²) in [5.41, 5.74) is -2.03. The van der Waals surface area contributed by atoms with E-state index in [1.165, 1.54) is 48.5 Å². The Morgan fingerprint density at radius 2 is 1.14 bits per heavy atom. The highest BCUT2D eigenvalue weighted by molar-refractivity contribution is 5.89. The minimum absolute atomic E-state index is 0.0144. The van der Waals surface area contributed by atoms with Gasteiger partial charge in [-0.05, 0) is 12.1 Å². The monoisotopic (exact) mass is 698 g/mol. The molecule has 0 saturated heterocycles. The van der Waals surface area contributed by atoms with E-state index in [-0.39, 0.29) is 62.0 Å². The fraction of sp³-hybridized carbons (Fsp3) is 0.412. The average Bonchev–Trinajstić information content (AvgIpc) is 3.07. The third kappa shape index (κ3) is 12.9. The number of nitrogens with zero attached hydrogens (tertiary/aromatic N) is 2. The molecular weight excluding hydrogens is 656 g/mol. The quantitative estimate of drug-likeness (QED) is 0.0621. The van der Waals surface area contributed by atoms with Crippen molar-refractivity contribution in [1.82, 2.24) is 10.6 Å². The third-order valence-electron chi connectivity index (χ3n) is 6.87. The number of carbonyl (C=O) groups excluding carboxylic acids is 4. The fourth-order valence-electron chi connectivity index (χ4n) is 4.40. The Hall–Kier alpha value is -5.48. The van der Waals surface area contributed by atoms with E-state index in [2.05, 4.69) is 23.8 Å². The summed E-state index contributed by atoms with van der Waals surface area (Å²) >= 11 is 0. The molecule has 16 heteroatoms. The number of ether oxygens (including phenoxy) is 4. The number of amides is 2. The maximum atomic E-state index is 13.1. The first kappa shape index (κ1) is 40.7. The highest BCUT2D eigenvalue weighted by Crippen LogP contribution is 2.29. The van der Waals surface area contributed by atoms with E-state index < -0.39 is 56.6 Å². The number of nitrogens with one attached hydrogen (secondary N) is 2. The number of esters is 2. The first-order valence-electron chi connectivity index (χ1n) is 15.4. The zero-order chi connectivity index (χ0) is 37.5. The van der Waals surface area contributed by atoms with Gasteiger partial charge in [0.1, 0.15) is 0 Å². The Labute approximate surface area is 289 Å². The van der Waals surface area contributed by atoms with E-state index >= 15 is 0 Å². The van der Waals surface area contributed by atoms with Gasteiger partial charge in [0.25, 0.3) is 23.2 Å². The standard InChI is InChI=1S/C34H42N4O12/c1-7-27(39)49-29(23-13-9-11-15-25(23)37(43)44)31(41)35-17-18-47-21-34(5,6)22-48-20-33(3,4)19-36-32(42)30(50-28(40)8-2)24-14-10-12-16-26(24)38(45)46/h7-16,29-30H,1-2,17-22H2,3-6H3,(H,35,41)(H,36,42). The number of nitro groups is 2. The lowest BCUT2D eigenvalue weighted by molar-refractivity contribution is -0.386. The molecule has 0 radical (unpaired) electrons. The second-order valence-electron chi connectivity index (χ2n) is 12.6. The summed E-state index contributed by atoms with van der Waals surface area (Å²) in [6, 6.07) is 10.9. The van der Waals surface area contributed by atoms with Crippen LogP contribution >= 0.6 is 0 Å². The van der Waals surface area contributed by atoms with Crippen molar-refractivity contribution in [1.29, 1.82) is 0 Å². The molecular formula is C34H42N4O12. The van der Waals surface area contributed by atoms with Crippen LogP contribution in [0.15, 0.2) is 73.8 Å². The van der Waals surface area contributed by atoms with E-state index in [1.807, 2.05) is 27.7 Å². The van der Waals surface area contributed by atoms with Crippen LogP contribution in [-0.4, -0.2) is 73.1 Å². The summed E-state index contributed by atoms with van der Waals surface area (Å²) in [5.74, 6) is -3.38. The molecule has 2 amide bonds. The van der Waals surface area contributed by atoms with Crippen LogP contribution < -0.4 is 10.6 Å². The molecule has 0 aliphatic heterocycles. The van der Waals surface area contributed by atoms with E-state index in [0.717, 1.165) is 12.2 Å². The van der Waals surface area contributed by atoms with Crippen molar-refractivity contribution in [2.24, 2.45) is 10.8 Å². The summed E-state index contributed by atoms with van der Waals surface area (Å²) in [4.78, 5) is 71.4. The van der Waals surface area contributed by atoms with Gasteiger partial charge < -0.3 is 29.6 Å². The number of hydrogen-bond acceptors (Lipinski definition) is 12. The number of nitro benzene ring substituents is 2. The number of para-hydroxylation sites is 2. The Bertz CT molecular complexity index is 1570. The molecule has 0 aromatic heterocycles. The van der Waals surface area contributed by atoms with Crippen molar-refractivity contribution < 1.29 is 48.0 Å². The fourth-order valence-corrected chi connectivity index (χ4v) is 4.40. The first-order valence-corrected chi connectivity index (χ1v) is 15.4. The predicted octanol–water partition coefficient (Wildman–Crippen LogP) is 4.06. The minimum Gasteiger partial charge on any atom is -0.444 e. The molecule has 0 spiro atoms. The summed E-state index contributed by atoms with van der Waals surface area (Å²) < 4.78 is 21.9. The van der Waals surface area contributed by atoms with E-state index in [0.29, 0.717) is 0 Å². The first-order chi connectivity index (χ1) is 23.5. The van der Waals surface area contributed by atoms with Gasteiger partial charge in [-0.3, -0.25) is 29.8 Å². The number of benzene rings is 2. The molecule has 2 aromatic carbocycles. The van der Waals surface area contributed by atoms with Crippen molar-refractivity contribution in [3.05, 3.63) is 105 Å². The van der Waals surface area contributed by atoms with Gasteiger partial charge in [-0.1, -0.05) is 65.1 Å². The zero-order valence-corrected chi connectivity index (χ0v) is 28.4. The summed E-state index contributed by atoms with van der Waals surface area (Å²) in [5, 5.41) is 28.2. The second-order valence-corrected chi connectivity index (χ2v) is 12.6. The Morgan fingerprint density at radius 1 is 0.720 bits per heavy atom. The summed E-state index contributed by atoms with van der Waals surface area (Å²) in [6.07, 6.45) is -1.45. The maximum Gasteiger partial charge on any atom is 0.331 e. The van der Waals surface area contributed by atoms with Crippen LogP contribution in [0, 0.1) is 31.1 Å². The van der Waals surface area contributed by atoms with Crippen molar-refractivity contribution in [3.8, 4) is 0 Å². The van der Waals surface area contributed by atoms with Crippen LogP contribution in [0.4, 0.5) is 11.4 Å². The lowest BCUT2D eigenvalue weighted by Gasteiger charge is -2.29. The molecule has 16 nitrogen and oxygen atoms in total. The second kappa shape index (κ2) is 18.9. The van der Waals surface area contributed by atoms with Gasteiger partial charge in [-0.25, -0.2) is 9.59 Å². The molecule has 0 aliphatic rings. The smallest absolute Gasteiger partial charge is 0.331 e. The van der Waals surface area contributed by atoms with Gasteiger partial charge in [0.15, 0.2) is 0 Å². The molecule has 0 aliphatic carbocycles. The van der Waals surface area contributed by atoms with E-state index in [9.17, 15) is 39.4 Å². The molecule has 2 unspecified atom stereocenters. The summed E-state index contributed by atoms with van der Waals surface area (Å²) in [7, 11) is 0. The molecule has 270 valence electrons. The molecule has 0 bridgehead atoms. The molecule has 2 atom stereocenters. The van der Waals surface area contributed by atoms with Crippen molar-refractivity contribution in [2.75, 3.05) is 39.5 Å². The summed E-state index contributed by atoms with van der Waals surface area (Å²) in [6.45, 7) is 14.9. The van der Waals surface area contributed by atoms with E-state index in [4.69, 9.17) is 18.9 Å². The van der Waals surface area contributed by atoms with Crippen LogP contribution in [0.1, 0.15) is 51.0 Å². The van der Waals surface area contributed by atoms with Crippen LogP contribution in [0.2, 0.25) is 0 Å². The SMILES string of the molecule is C=CC(=O)OC(C(=O)NCCOCC(C)(C)COCC(C)(C)CNC(=O)C(OC(=O)C=C)c1ccccc1[N+](=O)[O-])c1ccccc1[N+](=O)[O-]. The van der Waals surface area contributed by atoms with Gasteiger partial charge in [0.05, 0.1) is 47.4 Å². The maximum absolute atomic E-state index is 13.1. The van der Waals surface area contributed by atoms with Gasteiger partial charge in [0.2, 0.25) is 12.2 Å². The van der Waals surface area contributed by atoms with Crippen molar-refractivity contribution in [2.45, 2.75) is 39.9 Å². The lowest BCUT2D eigenvalue weighted by atomic mass is 9.93.